The smallest absolute Gasteiger partial charge is 0.331 e. The van der Waals surface area contributed by atoms with Crippen LogP contribution in [0.25, 0.3) is 27.8 Å². The third-order valence-corrected chi connectivity index (χ3v) is 6.07. The summed E-state index contributed by atoms with van der Waals surface area (Å²) in [5, 5.41) is 0. The van der Waals surface area contributed by atoms with E-state index in [1.807, 2.05) is 36.5 Å². The van der Waals surface area contributed by atoms with Gasteiger partial charge in [0.05, 0.1) is 35.6 Å². The maximum atomic E-state index is 12.8. The van der Waals surface area contributed by atoms with Crippen molar-refractivity contribution in [3.05, 3.63) is 82.3 Å². The summed E-state index contributed by atoms with van der Waals surface area (Å²) in [5.74, 6) is 0. The Hall–Kier alpha value is -3.48. The Kier molecular flexibility index (Phi) is 4.33. The molecule has 2 aliphatic heterocycles. The first kappa shape index (κ1) is 18.3. The van der Waals surface area contributed by atoms with Gasteiger partial charge in [0.1, 0.15) is 0 Å². The van der Waals surface area contributed by atoms with Crippen LogP contribution in [-0.2, 0) is 11.3 Å². The highest BCUT2D eigenvalue weighted by Gasteiger charge is 2.20. The van der Waals surface area contributed by atoms with Gasteiger partial charge < -0.3 is 9.72 Å². The molecule has 0 radical (unpaired) electrons. The van der Waals surface area contributed by atoms with E-state index in [2.05, 4.69) is 40.2 Å². The summed E-state index contributed by atoms with van der Waals surface area (Å²) >= 11 is 0. The number of nitrogens with zero attached hydrogens (tertiary/aromatic N) is 3. The van der Waals surface area contributed by atoms with Crippen molar-refractivity contribution in [3.8, 4) is 16.8 Å². The predicted molar refractivity (Wildman–Crippen MR) is 123 cm³/mol. The zero-order valence-electron chi connectivity index (χ0n) is 17.0. The first-order chi connectivity index (χ1) is 15.3. The van der Waals surface area contributed by atoms with Crippen LogP contribution in [-0.4, -0.2) is 47.0 Å². The van der Waals surface area contributed by atoms with Gasteiger partial charge in [0.25, 0.3) is 0 Å². The molecule has 0 spiro atoms. The molecule has 0 bridgehead atoms. The van der Waals surface area contributed by atoms with Crippen LogP contribution in [0.4, 0.5) is 5.69 Å². The molecular formula is C25H22N4O2. The highest BCUT2D eigenvalue weighted by atomic mass is 16.5. The van der Waals surface area contributed by atoms with Gasteiger partial charge in [-0.1, -0.05) is 42.5 Å². The number of nitrogens with one attached hydrogen (secondary N) is 1. The van der Waals surface area contributed by atoms with Crippen LogP contribution in [0.3, 0.4) is 0 Å². The number of ether oxygens (including phenoxy) is 1. The summed E-state index contributed by atoms with van der Waals surface area (Å²) in [6.07, 6.45) is 1.86. The van der Waals surface area contributed by atoms with E-state index in [0.29, 0.717) is 0 Å². The summed E-state index contributed by atoms with van der Waals surface area (Å²) in [6, 6.07) is 20.5. The Morgan fingerprint density at radius 3 is 2.74 bits per heavy atom. The number of H-pyrrole nitrogens is 1. The fourth-order valence-corrected chi connectivity index (χ4v) is 4.59. The fourth-order valence-electron chi connectivity index (χ4n) is 4.59. The Morgan fingerprint density at radius 1 is 1.00 bits per heavy atom. The van der Waals surface area contributed by atoms with Gasteiger partial charge in [0.2, 0.25) is 0 Å². The Morgan fingerprint density at radius 2 is 1.84 bits per heavy atom. The summed E-state index contributed by atoms with van der Waals surface area (Å²) in [5.41, 5.74) is 7.47. The van der Waals surface area contributed by atoms with Crippen molar-refractivity contribution in [1.29, 1.82) is 0 Å². The second-order valence-electron chi connectivity index (χ2n) is 8.03. The quantitative estimate of drug-likeness (QED) is 0.491. The molecule has 0 amide bonds. The molecule has 3 heterocycles. The second kappa shape index (κ2) is 7.34. The number of imidazole rings is 1. The molecule has 6 nitrogen and oxygen atoms in total. The van der Waals surface area contributed by atoms with E-state index in [0.717, 1.165) is 71.9 Å². The lowest BCUT2D eigenvalue weighted by Crippen LogP contribution is -2.35. The van der Waals surface area contributed by atoms with Crippen LogP contribution in [0.5, 0.6) is 0 Å². The Labute approximate surface area is 179 Å². The molecule has 31 heavy (non-hydrogen) atoms. The third kappa shape index (κ3) is 3.12. The fraction of sp³-hybridized carbons (Fsp3) is 0.200. The van der Waals surface area contributed by atoms with Crippen LogP contribution in [0.1, 0.15) is 11.1 Å². The van der Waals surface area contributed by atoms with Gasteiger partial charge in [-0.15, -0.1) is 0 Å². The molecule has 2 aliphatic rings. The van der Waals surface area contributed by atoms with Crippen LogP contribution in [0.15, 0.2) is 70.5 Å². The molecule has 154 valence electrons. The van der Waals surface area contributed by atoms with Crippen LogP contribution >= 0.6 is 0 Å². The summed E-state index contributed by atoms with van der Waals surface area (Å²) < 4.78 is 7.21. The number of aliphatic imine (C=N–C) groups is 1. The van der Waals surface area contributed by atoms with Crippen molar-refractivity contribution < 1.29 is 4.74 Å². The molecule has 1 fully saturated rings. The SMILES string of the molecule is O=c1[nH]c2cccc3c2n1-c1cccc(-c2cccc(CN4CCOCC4)c2)c1N=C3. The number of aromatic amines is 1. The van der Waals surface area contributed by atoms with Gasteiger partial charge in [0, 0.05) is 37.0 Å². The van der Waals surface area contributed by atoms with Crippen molar-refractivity contribution in [2.75, 3.05) is 26.3 Å². The molecule has 0 unspecified atom stereocenters. The normalized spacial score (nSPS) is 15.7. The number of aromatic nitrogens is 2. The van der Waals surface area contributed by atoms with Crippen LogP contribution < -0.4 is 5.69 Å². The lowest BCUT2D eigenvalue weighted by atomic mass is 10.00. The van der Waals surface area contributed by atoms with E-state index >= 15 is 0 Å². The number of hydrogen-bond donors (Lipinski definition) is 1. The van der Waals surface area contributed by atoms with Gasteiger partial charge in [-0.3, -0.25) is 14.5 Å². The molecule has 6 rings (SSSR count). The predicted octanol–water partition coefficient (Wildman–Crippen LogP) is 3.88. The monoisotopic (exact) mass is 410 g/mol. The van der Waals surface area contributed by atoms with Crippen LogP contribution in [0, 0.1) is 0 Å². The molecule has 0 aliphatic carbocycles. The number of rotatable bonds is 3. The van der Waals surface area contributed by atoms with Crippen molar-refractivity contribution in [1.82, 2.24) is 14.5 Å². The topological polar surface area (TPSA) is 62.6 Å². The van der Waals surface area contributed by atoms with Crippen molar-refractivity contribution in [2.24, 2.45) is 4.99 Å². The van der Waals surface area contributed by atoms with Gasteiger partial charge in [0.15, 0.2) is 0 Å². The number of fused-ring (bicyclic) bond motifs is 2. The lowest BCUT2D eigenvalue weighted by Gasteiger charge is -2.26. The summed E-state index contributed by atoms with van der Waals surface area (Å²) in [4.78, 5) is 23.1. The molecule has 0 saturated carbocycles. The molecule has 0 atom stereocenters. The minimum atomic E-state index is -0.146. The molecule has 3 aromatic carbocycles. The van der Waals surface area contributed by atoms with Gasteiger partial charge >= 0.3 is 5.69 Å². The minimum absolute atomic E-state index is 0.146. The molecule has 1 N–H and O–H groups in total. The summed E-state index contributed by atoms with van der Waals surface area (Å²) in [6.45, 7) is 4.40. The number of para-hydroxylation sites is 2. The number of hydrogen-bond acceptors (Lipinski definition) is 4. The Balaban J connectivity index is 1.47. The van der Waals surface area contributed by atoms with E-state index in [9.17, 15) is 4.79 Å². The van der Waals surface area contributed by atoms with E-state index in [1.165, 1.54) is 5.56 Å². The van der Waals surface area contributed by atoms with Gasteiger partial charge in [-0.05, 0) is 29.3 Å². The average molecular weight is 410 g/mol. The van der Waals surface area contributed by atoms with E-state index in [4.69, 9.17) is 9.73 Å². The zero-order chi connectivity index (χ0) is 20.8. The lowest BCUT2D eigenvalue weighted by molar-refractivity contribution is 0.0342. The number of benzene rings is 3. The third-order valence-electron chi connectivity index (χ3n) is 6.07. The molecule has 1 aromatic heterocycles. The van der Waals surface area contributed by atoms with E-state index in [1.54, 1.807) is 4.57 Å². The maximum Gasteiger partial charge on any atom is 0.331 e. The van der Waals surface area contributed by atoms with Crippen LogP contribution in [0.2, 0.25) is 0 Å². The molecule has 6 heteroatoms. The maximum absolute atomic E-state index is 12.8. The van der Waals surface area contributed by atoms with E-state index in [-0.39, 0.29) is 5.69 Å². The largest absolute Gasteiger partial charge is 0.379 e. The van der Waals surface area contributed by atoms with E-state index < -0.39 is 0 Å². The standard InChI is InChI=1S/C25H22N4O2/c30-25-27-21-8-2-6-19-15-26-23-20(7-3-9-22(23)29(25)24(19)21)18-5-1-4-17(14-18)16-28-10-12-31-13-11-28/h1-9,14-15H,10-13,16H2,(H,27,30). The van der Waals surface area contributed by atoms with Crippen molar-refractivity contribution in [3.63, 3.8) is 0 Å². The highest BCUT2D eigenvalue weighted by molar-refractivity contribution is 6.02. The first-order valence-corrected chi connectivity index (χ1v) is 10.6. The Bertz CT molecular complexity index is 1380. The molecule has 1 saturated heterocycles. The molecule has 4 aromatic rings. The summed E-state index contributed by atoms with van der Waals surface area (Å²) in [7, 11) is 0. The zero-order valence-corrected chi connectivity index (χ0v) is 17.0. The van der Waals surface area contributed by atoms with Crippen molar-refractivity contribution >= 4 is 22.9 Å². The highest BCUT2D eigenvalue weighted by Crippen LogP contribution is 2.38. The second-order valence-corrected chi connectivity index (χ2v) is 8.03. The first-order valence-electron chi connectivity index (χ1n) is 10.6. The average Bonchev–Trinajstić information content (AvgIpc) is 3.03. The molecular weight excluding hydrogens is 388 g/mol. The van der Waals surface area contributed by atoms with Gasteiger partial charge in [-0.25, -0.2) is 4.79 Å². The minimum Gasteiger partial charge on any atom is -0.379 e. The number of morpholine rings is 1. The van der Waals surface area contributed by atoms with Crippen molar-refractivity contribution in [2.45, 2.75) is 6.54 Å². The van der Waals surface area contributed by atoms with Gasteiger partial charge in [-0.2, -0.15) is 0 Å².